The minimum absolute atomic E-state index is 0.0629. The molecule has 2 rings (SSSR count). The second kappa shape index (κ2) is 7.28. The van der Waals surface area contributed by atoms with Crippen molar-refractivity contribution in [1.82, 2.24) is 10.2 Å². The Morgan fingerprint density at radius 2 is 1.86 bits per heavy atom. The molecule has 2 amide bonds. The summed E-state index contributed by atoms with van der Waals surface area (Å²) >= 11 is 0. The lowest BCUT2D eigenvalue weighted by molar-refractivity contribution is -0.153. The van der Waals surface area contributed by atoms with E-state index < -0.39 is 0 Å². The minimum atomic E-state index is -0.276. The minimum Gasteiger partial charge on any atom is -0.342 e. The lowest BCUT2D eigenvalue weighted by atomic mass is 9.81. The van der Waals surface area contributed by atoms with Gasteiger partial charge in [0.25, 0.3) is 0 Å². The van der Waals surface area contributed by atoms with Crippen LogP contribution in [0.2, 0.25) is 0 Å². The average molecular weight is 294 g/mol. The Morgan fingerprint density at radius 3 is 2.43 bits per heavy atom. The van der Waals surface area contributed by atoms with Crippen molar-refractivity contribution in [2.24, 2.45) is 11.8 Å². The summed E-state index contributed by atoms with van der Waals surface area (Å²) < 4.78 is 0. The third kappa shape index (κ3) is 3.41. The summed E-state index contributed by atoms with van der Waals surface area (Å²) in [6.45, 7) is 6.93. The Hall–Kier alpha value is -1.06. The van der Waals surface area contributed by atoms with Crippen molar-refractivity contribution in [3.8, 4) is 0 Å². The molecule has 4 nitrogen and oxygen atoms in total. The van der Waals surface area contributed by atoms with Crippen molar-refractivity contribution in [2.75, 3.05) is 6.54 Å². The molecule has 1 N–H and O–H groups in total. The predicted octanol–water partition coefficient (Wildman–Crippen LogP) is 2.72. The van der Waals surface area contributed by atoms with Gasteiger partial charge in [0.15, 0.2) is 0 Å². The van der Waals surface area contributed by atoms with Gasteiger partial charge in [-0.25, -0.2) is 0 Å². The van der Waals surface area contributed by atoms with E-state index in [1.807, 2.05) is 4.90 Å². The topological polar surface area (TPSA) is 49.4 Å². The van der Waals surface area contributed by atoms with Gasteiger partial charge in [-0.1, -0.05) is 46.5 Å². The molecule has 1 aliphatic carbocycles. The molecule has 1 saturated carbocycles. The fraction of sp³-hybridized carbons (Fsp3) is 0.882. The molecule has 3 atom stereocenters. The van der Waals surface area contributed by atoms with Crippen molar-refractivity contribution in [2.45, 2.75) is 77.8 Å². The molecule has 2 aliphatic rings. The van der Waals surface area contributed by atoms with Gasteiger partial charge in [-0.3, -0.25) is 9.59 Å². The second-order valence-corrected chi connectivity index (χ2v) is 6.75. The van der Waals surface area contributed by atoms with E-state index in [1.54, 1.807) is 0 Å². The average Bonchev–Trinajstić information content (AvgIpc) is 2.51. The fourth-order valence-corrected chi connectivity index (χ4v) is 3.82. The third-order valence-corrected chi connectivity index (χ3v) is 5.22. The molecule has 3 unspecified atom stereocenters. The highest BCUT2D eigenvalue weighted by Crippen LogP contribution is 2.30. The quantitative estimate of drug-likeness (QED) is 0.847. The van der Waals surface area contributed by atoms with Gasteiger partial charge in [0.2, 0.25) is 11.8 Å². The van der Waals surface area contributed by atoms with Gasteiger partial charge in [0.05, 0.1) is 0 Å². The summed E-state index contributed by atoms with van der Waals surface area (Å²) in [5, 5.41) is 3.06. The van der Waals surface area contributed by atoms with Crippen LogP contribution in [0.1, 0.15) is 65.7 Å². The summed E-state index contributed by atoms with van der Waals surface area (Å²) in [5.74, 6) is 0.780. The lowest BCUT2D eigenvalue weighted by Gasteiger charge is -2.44. The number of piperazine rings is 1. The van der Waals surface area contributed by atoms with Crippen LogP contribution in [0.3, 0.4) is 0 Å². The smallest absolute Gasteiger partial charge is 0.246 e. The maximum absolute atomic E-state index is 12.9. The Morgan fingerprint density at radius 1 is 1.19 bits per heavy atom. The summed E-state index contributed by atoms with van der Waals surface area (Å²) in [4.78, 5) is 27.3. The van der Waals surface area contributed by atoms with E-state index in [0.29, 0.717) is 12.5 Å². The van der Waals surface area contributed by atoms with E-state index in [1.165, 1.54) is 19.3 Å². The maximum atomic E-state index is 12.9. The van der Waals surface area contributed by atoms with Gasteiger partial charge in [-0.2, -0.15) is 0 Å². The molecule has 120 valence electrons. The van der Waals surface area contributed by atoms with Crippen molar-refractivity contribution >= 4 is 11.8 Å². The van der Waals surface area contributed by atoms with E-state index in [2.05, 4.69) is 26.1 Å². The first kappa shape index (κ1) is 16.3. The number of hydrogen-bond acceptors (Lipinski definition) is 2. The molecule has 0 radical (unpaired) electrons. The number of carbonyl (C=O) groups excluding carboxylic acids is 2. The summed E-state index contributed by atoms with van der Waals surface area (Å²) in [6, 6.07) is -0.549. The molecule has 1 heterocycles. The van der Waals surface area contributed by atoms with E-state index in [0.717, 1.165) is 25.7 Å². The molecule has 0 aromatic heterocycles. The monoisotopic (exact) mass is 294 g/mol. The third-order valence-electron chi connectivity index (χ3n) is 5.22. The van der Waals surface area contributed by atoms with Crippen LogP contribution in [0.5, 0.6) is 0 Å². The van der Waals surface area contributed by atoms with Gasteiger partial charge in [0, 0.05) is 6.54 Å². The maximum Gasteiger partial charge on any atom is 0.246 e. The molecular weight excluding hydrogens is 264 g/mol. The number of carbonyl (C=O) groups is 2. The fourth-order valence-electron chi connectivity index (χ4n) is 3.82. The molecule has 0 spiro atoms. The number of nitrogens with zero attached hydrogens (tertiary/aromatic N) is 1. The zero-order valence-corrected chi connectivity index (χ0v) is 13.7. The van der Waals surface area contributed by atoms with Crippen molar-refractivity contribution < 1.29 is 9.59 Å². The van der Waals surface area contributed by atoms with Crippen LogP contribution >= 0.6 is 0 Å². The van der Waals surface area contributed by atoms with Crippen LogP contribution in [0.15, 0.2) is 0 Å². The summed E-state index contributed by atoms with van der Waals surface area (Å²) in [7, 11) is 0. The Bertz CT molecular complexity index is 377. The van der Waals surface area contributed by atoms with Crippen LogP contribution in [0, 0.1) is 11.8 Å². The predicted molar refractivity (Wildman–Crippen MR) is 83.8 cm³/mol. The first-order valence-corrected chi connectivity index (χ1v) is 8.71. The Kier molecular flexibility index (Phi) is 5.65. The Balaban J connectivity index is 2.17. The van der Waals surface area contributed by atoms with Crippen LogP contribution in [-0.4, -0.2) is 35.3 Å². The summed E-state index contributed by atoms with van der Waals surface area (Å²) in [6.07, 6.45) is 7.61. The highest BCUT2D eigenvalue weighted by molar-refractivity contribution is 5.97. The van der Waals surface area contributed by atoms with E-state index in [4.69, 9.17) is 0 Å². The number of amides is 2. The molecule has 4 heteroatoms. The van der Waals surface area contributed by atoms with E-state index >= 15 is 0 Å². The lowest BCUT2D eigenvalue weighted by Crippen LogP contribution is -2.66. The van der Waals surface area contributed by atoms with Crippen LogP contribution in [-0.2, 0) is 9.59 Å². The largest absolute Gasteiger partial charge is 0.342 e. The van der Waals surface area contributed by atoms with Crippen LogP contribution in [0.25, 0.3) is 0 Å². The first-order chi connectivity index (χ1) is 10.1. The van der Waals surface area contributed by atoms with E-state index in [9.17, 15) is 9.59 Å². The van der Waals surface area contributed by atoms with Gasteiger partial charge in [-0.05, 0) is 31.1 Å². The summed E-state index contributed by atoms with van der Waals surface area (Å²) in [5.41, 5.74) is 0. The van der Waals surface area contributed by atoms with Crippen LogP contribution < -0.4 is 5.32 Å². The van der Waals surface area contributed by atoms with Gasteiger partial charge < -0.3 is 10.2 Å². The normalized spacial score (nSPS) is 29.4. The van der Waals surface area contributed by atoms with Crippen molar-refractivity contribution in [3.63, 3.8) is 0 Å². The molecule has 0 bridgehead atoms. The molecule has 0 aromatic rings. The highest BCUT2D eigenvalue weighted by Gasteiger charge is 2.44. The Labute approximate surface area is 128 Å². The van der Waals surface area contributed by atoms with Crippen LogP contribution in [0.4, 0.5) is 0 Å². The highest BCUT2D eigenvalue weighted by atomic mass is 16.2. The van der Waals surface area contributed by atoms with Crippen molar-refractivity contribution in [3.05, 3.63) is 0 Å². The van der Waals surface area contributed by atoms with Crippen molar-refractivity contribution in [1.29, 1.82) is 0 Å². The molecule has 0 aromatic carbocycles. The first-order valence-electron chi connectivity index (χ1n) is 8.71. The molecular formula is C17H30N2O2. The van der Waals surface area contributed by atoms with Gasteiger partial charge in [0.1, 0.15) is 12.1 Å². The molecule has 2 fully saturated rings. The molecule has 1 aliphatic heterocycles. The number of hydrogen-bond donors (Lipinski definition) is 1. The SMILES string of the molecule is CCCN1C(=O)C(C2CCCCC2)NC(=O)C1C(C)CC. The second-order valence-electron chi connectivity index (χ2n) is 6.75. The number of rotatable bonds is 5. The number of nitrogens with one attached hydrogen (secondary N) is 1. The van der Waals surface area contributed by atoms with Gasteiger partial charge in [-0.15, -0.1) is 0 Å². The zero-order chi connectivity index (χ0) is 15.4. The molecule has 21 heavy (non-hydrogen) atoms. The zero-order valence-electron chi connectivity index (χ0n) is 13.7. The molecule has 1 saturated heterocycles. The van der Waals surface area contributed by atoms with E-state index in [-0.39, 0.29) is 29.8 Å². The van der Waals surface area contributed by atoms with Gasteiger partial charge >= 0.3 is 0 Å². The standard InChI is InChI=1S/C17H30N2O2/c1-4-11-19-15(12(3)5-2)16(20)18-14(17(19)21)13-9-7-6-8-10-13/h12-15H,4-11H2,1-3H3,(H,18,20).